The van der Waals surface area contributed by atoms with E-state index in [1.807, 2.05) is 11.3 Å². The minimum atomic E-state index is 0.611. The Bertz CT molecular complexity index is 537. The van der Waals surface area contributed by atoms with E-state index in [1.54, 1.807) is 0 Å². The Kier molecular flexibility index (Phi) is 4.92. The van der Waals surface area contributed by atoms with Crippen molar-refractivity contribution < 1.29 is 0 Å². The molecule has 106 valence electrons. The predicted molar refractivity (Wildman–Crippen MR) is 90.3 cm³/mol. The summed E-state index contributed by atoms with van der Waals surface area (Å²) in [4.78, 5) is 1.40. The van der Waals surface area contributed by atoms with E-state index in [2.05, 4.69) is 63.0 Å². The smallest absolute Gasteiger partial charge is 0.0327 e. The molecule has 20 heavy (non-hydrogen) atoms. The number of halogens is 1. The average molecular weight is 350 g/mol. The number of hydrogen-bond acceptors (Lipinski definition) is 2. The summed E-state index contributed by atoms with van der Waals surface area (Å²) < 4.78 is 1.24. The van der Waals surface area contributed by atoms with Crippen molar-refractivity contribution in [1.29, 1.82) is 0 Å². The Balaban J connectivity index is 1.68. The molecule has 1 aliphatic carbocycles. The molecule has 3 heteroatoms. The zero-order valence-corrected chi connectivity index (χ0v) is 13.9. The predicted octanol–water partition coefficient (Wildman–Crippen LogP) is 5.33. The molecule has 3 rings (SSSR count). The molecule has 1 N–H and O–H groups in total. The quantitative estimate of drug-likeness (QED) is 0.786. The first-order valence-electron chi connectivity index (χ1n) is 7.35. The Morgan fingerprint density at radius 1 is 1.10 bits per heavy atom. The van der Waals surface area contributed by atoms with Gasteiger partial charge in [-0.25, -0.2) is 0 Å². The van der Waals surface area contributed by atoms with E-state index in [0.717, 1.165) is 6.54 Å². The van der Waals surface area contributed by atoms with Crippen LogP contribution in [0.3, 0.4) is 0 Å². The summed E-state index contributed by atoms with van der Waals surface area (Å²) in [5, 5.41) is 5.94. The Morgan fingerprint density at radius 3 is 2.65 bits per heavy atom. The maximum Gasteiger partial charge on any atom is 0.0327 e. The second-order valence-electron chi connectivity index (χ2n) is 5.48. The van der Waals surface area contributed by atoms with Gasteiger partial charge in [-0.3, -0.25) is 0 Å². The molecule has 2 atom stereocenters. The van der Waals surface area contributed by atoms with Crippen LogP contribution in [0.25, 0.3) is 0 Å². The molecule has 1 heterocycles. The van der Waals surface area contributed by atoms with Crippen molar-refractivity contribution in [2.75, 3.05) is 0 Å². The lowest BCUT2D eigenvalue weighted by atomic mass is 9.80. The van der Waals surface area contributed by atoms with Gasteiger partial charge in [0.15, 0.2) is 0 Å². The van der Waals surface area contributed by atoms with Crippen molar-refractivity contribution in [3.63, 3.8) is 0 Å². The lowest BCUT2D eigenvalue weighted by Crippen LogP contribution is -2.36. The van der Waals surface area contributed by atoms with Crippen LogP contribution in [0.2, 0.25) is 0 Å². The molecular weight excluding hydrogens is 330 g/mol. The van der Waals surface area contributed by atoms with Crippen LogP contribution in [-0.2, 0) is 6.54 Å². The summed E-state index contributed by atoms with van der Waals surface area (Å²) in [6, 6.07) is 13.8. The third-order valence-corrected chi connectivity index (χ3v) is 6.14. The fourth-order valence-electron chi connectivity index (χ4n) is 3.15. The van der Waals surface area contributed by atoms with Crippen LogP contribution in [-0.4, -0.2) is 6.04 Å². The van der Waals surface area contributed by atoms with Crippen LogP contribution >= 0.6 is 27.3 Å². The summed E-state index contributed by atoms with van der Waals surface area (Å²) in [5.41, 5.74) is 1.50. The molecule has 0 radical (unpaired) electrons. The average Bonchev–Trinajstić information content (AvgIpc) is 2.92. The Hall–Kier alpha value is -0.640. The minimum Gasteiger partial charge on any atom is -0.308 e. The highest BCUT2D eigenvalue weighted by Gasteiger charge is 2.26. The van der Waals surface area contributed by atoms with Gasteiger partial charge in [-0.05, 0) is 51.7 Å². The molecule has 1 saturated carbocycles. The zero-order chi connectivity index (χ0) is 13.8. The number of rotatable bonds is 4. The van der Waals surface area contributed by atoms with Crippen LogP contribution in [0.5, 0.6) is 0 Å². The molecular formula is C17H20BrNS. The van der Waals surface area contributed by atoms with Gasteiger partial charge in [0.2, 0.25) is 0 Å². The molecule has 0 saturated heterocycles. The van der Waals surface area contributed by atoms with E-state index in [4.69, 9.17) is 0 Å². The second kappa shape index (κ2) is 6.88. The molecule has 1 aromatic carbocycles. The van der Waals surface area contributed by atoms with Crippen LogP contribution in [0.15, 0.2) is 46.3 Å². The summed E-state index contributed by atoms with van der Waals surface area (Å²) in [6.07, 6.45) is 5.32. The molecule has 0 bridgehead atoms. The van der Waals surface area contributed by atoms with Gasteiger partial charge in [-0.1, -0.05) is 43.2 Å². The number of nitrogens with one attached hydrogen (secondary N) is 1. The lowest BCUT2D eigenvalue weighted by molar-refractivity contribution is 0.327. The van der Waals surface area contributed by atoms with Crippen molar-refractivity contribution in [1.82, 2.24) is 5.32 Å². The fourth-order valence-corrected chi connectivity index (χ4v) is 4.59. The van der Waals surface area contributed by atoms with Gasteiger partial charge in [0.05, 0.1) is 0 Å². The van der Waals surface area contributed by atoms with E-state index >= 15 is 0 Å². The fraction of sp³-hybridized carbons (Fsp3) is 0.412. The highest BCUT2D eigenvalue weighted by atomic mass is 79.9. The van der Waals surface area contributed by atoms with Crippen LogP contribution in [0, 0.1) is 0 Å². The van der Waals surface area contributed by atoms with Crippen molar-refractivity contribution in [3.05, 3.63) is 56.7 Å². The molecule has 1 nitrogen and oxygen atoms in total. The molecule has 2 aromatic rings. The largest absolute Gasteiger partial charge is 0.308 e. The van der Waals surface area contributed by atoms with Crippen molar-refractivity contribution in [2.24, 2.45) is 0 Å². The molecule has 1 fully saturated rings. The van der Waals surface area contributed by atoms with Gasteiger partial charge in [-0.2, -0.15) is 0 Å². The molecule has 0 spiro atoms. The highest BCUT2D eigenvalue weighted by Crippen LogP contribution is 2.33. The Labute approximate surface area is 133 Å². The maximum atomic E-state index is 3.79. The van der Waals surface area contributed by atoms with E-state index in [9.17, 15) is 0 Å². The topological polar surface area (TPSA) is 12.0 Å². The normalized spacial score (nSPS) is 22.9. The second-order valence-corrected chi connectivity index (χ2v) is 7.34. The van der Waals surface area contributed by atoms with E-state index in [-0.39, 0.29) is 0 Å². The third-order valence-electron chi connectivity index (χ3n) is 4.21. The van der Waals surface area contributed by atoms with Gasteiger partial charge in [-0.15, -0.1) is 11.3 Å². The molecule has 1 aromatic heterocycles. The molecule has 2 unspecified atom stereocenters. The van der Waals surface area contributed by atoms with E-state index in [0.29, 0.717) is 12.0 Å². The maximum absolute atomic E-state index is 3.79. The van der Waals surface area contributed by atoms with Crippen molar-refractivity contribution in [3.8, 4) is 0 Å². The summed E-state index contributed by atoms with van der Waals surface area (Å²) in [5.74, 6) is 0.670. The monoisotopic (exact) mass is 349 g/mol. The summed E-state index contributed by atoms with van der Waals surface area (Å²) in [7, 11) is 0. The first-order chi connectivity index (χ1) is 9.84. The van der Waals surface area contributed by atoms with E-state index in [1.165, 1.54) is 40.6 Å². The number of thiophene rings is 1. The first kappa shape index (κ1) is 14.3. The van der Waals surface area contributed by atoms with Crippen molar-refractivity contribution in [2.45, 2.75) is 44.2 Å². The number of hydrogen-bond donors (Lipinski definition) is 1. The van der Waals surface area contributed by atoms with Gasteiger partial charge >= 0.3 is 0 Å². The van der Waals surface area contributed by atoms with Crippen LogP contribution in [0.1, 0.15) is 42.0 Å². The molecule has 0 amide bonds. The van der Waals surface area contributed by atoms with Gasteiger partial charge in [0.25, 0.3) is 0 Å². The minimum absolute atomic E-state index is 0.611. The van der Waals surface area contributed by atoms with Gasteiger partial charge < -0.3 is 5.32 Å². The Morgan fingerprint density at radius 2 is 1.90 bits per heavy atom. The summed E-state index contributed by atoms with van der Waals surface area (Å²) >= 11 is 5.45. The van der Waals surface area contributed by atoms with Gasteiger partial charge in [0.1, 0.15) is 0 Å². The highest BCUT2D eigenvalue weighted by molar-refractivity contribution is 9.10. The van der Waals surface area contributed by atoms with E-state index < -0.39 is 0 Å². The standard InChI is InChI=1S/C17H20BrNS/c18-15-10-11-20-17(15)12-19-16-9-5-4-8-14(16)13-6-2-1-3-7-13/h1-3,6-7,10-11,14,16,19H,4-5,8-9,12H2. The zero-order valence-electron chi connectivity index (χ0n) is 11.5. The number of benzene rings is 1. The molecule has 0 aliphatic heterocycles. The van der Waals surface area contributed by atoms with Crippen LogP contribution < -0.4 is 5.32 Å². The lowest BCUT2D eigenvalue weighted by Gasteiger charge is -2.32. The SMILES string of the molecule is Brc1ccsc1CNC1CCCCC1c1ccccc1. The summed E-state index contributed by atoms with van der Waals surface area (Å²) in [6.45, 7) is 0.978. The van der Waals surface area contributed by atoms with Gasteiger partial charge in [0, 0.05) is 21.9 Å². The molecule has 1 aliphatic rings. The van der Waals surface area contributed by atoms with Crippen molar-refractivity contribution >= 4 is 27.3 Å². The van der Waals surface area contributed by atoms with Crippen LogP contribution in [0.4, 0.5) is 0 Å². The third kappa shape index (κ3) is 3.33. The first-order valence-corrected chi connectivity index (χ1v) is 9.02.